The Morgan fingerprint density at radius 1 is 1.59 bits per heavy atom. The third kappa shape index (κ3) is 1.92. The zero-order chi connectivity index (χ0) is 12.6. The van der Waals surface area contributed by atoms with Crippen LogP contribution in [-0.4, -0.2) is 41.0 Å². The first-order valence-corrected chi connectivity index (χ1v) is 6.21. The van der Waals surface area contributed by atoms with Crippen molar-refractivity contribution >= 4 is 11.8 Å². The van der Waals surface area contributed by atoms with E-state index in [9.17, 15) is 9.59 Å². The maximum Gasteiger partial charge on any atom is 0.242 e. The molecular weight excluding hydrogens is 220 g/mol. The normalized spacial score (nSPS) is 34.6. The molecule has 1 spiro atoms. The second-order valence-electron chi connectivity index (χ2n) is 5.50. The summed E-state index contributed by atoms with van der Waals surface area (Å²) in [6.45, 7) is 2.40. The summed E-state index contributed by atoms with van der Waals surface area (Å²) in [7, 11) is 0. The monoisotopic (exact) mass is 240 g/mol. The standard InChI is InChI=1S/C12H20N2O3/c1-8-2-4-12(5-3-8)7-14(11(12)17)9(6-15)10(13)16/h8-9,15H,2-7H2,1H3,(H2,13,16). The van der Waals surface area contributed by atoms with Crippen LogP contribution in [0.3, 0.4) is 0 Å². The predicted molar refractivity (Wildman–Crippen MR) is 61.8 cm³/mol. The molecule has 2 rings (SSSR count). The van der Waals surface area contributed by atoms with Gasteiger partial charge in [-0.3, -0.25) is 9.59 Å². The molecule has 1 aliphatic heterocycles. The lowest BCUT2D eigenvalue weighted by molar-refractivity contribution is -0.173. The number of aliphatic hydroxyl groups is 1. The molecule has 3 N–H and O–H groups in total. The number of nitrogens with zero attached hydrogens (tertiary/aromatic N) is 1. The average molecular weight is 240 g/mol. The SMILES string of the molecule is CC1CCC2(CC1)CN(C(CO)C(N)=O)C2=O. The molecule has 1 aliphatic carbocycles. The van der Waals surface area contributed by atoms with Gasteiger partial charge in [0.2, 0.25) is 11.8 Å². The smallest absolute Gasteiger partial charge is 0.242 e. The maximum absolute atomic E-state index is 12.2. The number of hydrogen-bond donors (Lipinski definition) is 2. The average Bonchev–Trinajstić information content (AvgIpc) is 2.30. The molecule has 0 radical (unpaired) electrons. The van der Waals surface area contributed by atoms with Crippen molar-refractivity contribution in [3.8, 4) is 0 Å². The first kappa shape index (κ1) is 12.4. The molecule has 0 aromatic carbocycles. The molecule has 1 saturated heterocycles. The summed E-state index contributed by atoms with van der Waals surface area (Å²) in [5.74, 6) is 0.0642. The number of primary amides is 1. The van der Waals surface area contributed by atoms with E-state index in [0.29, 0.717) is 12.5 Å². The fourth-order valence-corrected chi connectivity index (χ4v) is 2.96. The second-order valence-corrected chi connectivity index (χ2v) is 5.50. The molecule has 0 aromatic heterocycles. The highest BCUT2D eigenvalue weighted by Gasteiger charge is 2.55. The molecule has 5 heteroatoms. The Morgan fingerprint density at radius 2 is 2.18 bits per heavy atom. The first-order chi connectivity index (χ1) is 8.00. The number of carbonyl (C=O) groups is 2. The summed E-state index contributed by atoms with van der Waals surface area (Å²) in [6, 6.07) is -0.840. The minimum Gasteiger partial charge on any atom is -0.394 e. The van der Waals surface area contributed by atoms with E-state index in [1.807, 2.05) is 0 Å². The highest BCUT2D eigenvalue weighted by Crippen LogP contribution is 2.47. The third-order valence-corrected chi connectivity index (χ3v) is 4.30. The topological polar surface area (TPSA) is 83.6 Å². The van der Waals surface area contributed by atoms with Crippen molar-refractivity contribution in [1.29, 1.82) is 0 Å². The summed E-state index contributed by atoms with van der Waals surface area (Å²) in [5, 5.41) is 9.08. The summed E-state index contributed by atoms with van der Waals surface area (Å²) in [6.07, 6.45) is 3.95. The Labute approximate surface area is 101 Å². The number of nitrogens with two attached hydrogens (primary N) is 1. The van der Waals surface area contributed by atoms with Crippen LogP contribution < -0.4 is 5.73 Å². The molecule has 96 valence electrons. The van der Waals surface area contributed by atoms with Crippen LogP contribution in [0, 0.1) is 11.3 Å². The van der Waals surface area contributed by atoms with Crippen LogP contribution in [0.2, 0.25) is 0 Å². The zero-order valence-electron chi connectivity index (χ0n) is 10.2. The molecule has 0 bridgehead atoms. The lowest BCUT2D eigenvalue weighted by atomic mass is 9.65. The van der Waals surface area contributed by atoms with E-state index < -0.39 is 11.9 Å². The van der Waals surface area contributed by atoms with Crippen LogP contribution in [-0.2, 0) is 9.59 Å². The Morgan fingerprint density at radius 3 is 2.59 bits per heavy atom. The predicted octanol–water partition coefficient (Wildman–Crippen LogP) is -0.129. The number of amides is 2. The van der Waals surface area contributed by atoms with Crippen molar-refractivity contribution in [2.24, 2.45) is 17.1 Å². The largest absolute Gasteiger partial charge is 0.394 e. The minimum absolute atomic E-state index is 0.00208. The van der Waals surface area contributed by atoms with Gasteiger partial charge in [0.25, 0.3) is 0 Å². The number of rotatable bonds is 3. The van der Waals surface area contributed by atoms with Gasteiger partial charge in [0, 0.05) is 6.54 Å². The van der Waals surface area contributed by atoms with E-state index in [1.165, 1.54) is 4.90 Å². The molecule has 1 atom stereocenters. The summed E-state index contributed by atoms with van der Waals surface area (Å²) in [4.78, 5) is 24.7. The van der Waals surface area contributed by atoms with Crippen molar-refractivity contribution in [1.82, 2.24) is 4.90 Å². The molecule has 1 unspecified atom stereocenters. The van der Waals surface area contributed by atoms with Gasteiger partial charge in [0.05, 0.1) is 12.0 Å². The molecule has 1 saturated carbocycles. The highest BCUT2D eigenvalue weighted by atomic mass is 16.3. The lowest BCUT2D eigenvalue weighted by Gasteiger charge is -2.53. The second kappa shape index (κ2) is 4.29. The number of aliphatic hydroxyl groups excluding tert-OH is 1. The van der Waals surface area contributed by atoms with Gasteiger partial charge >= 0.3 is 0 Å². The zero-order valence-corrected chi connectivity index (χ0v) is 10.2. The Kier molecular flexibility index (Phi) is 3.12. The van der Waals surface area contributed by atoms with E-state index in [-0.39, 0.29) is 17.9 Å². The first-order valence-electron chi connectivity index (χ1n) is 6.21. The van der Waals surface area contributed by atoms with Crippen LogP contribution >= 0.6 is 0 Å². The molecule has 5 nitrogen and oxygen atoms in total. The van der Waals surface area contributed by atoms with E-state index in [0.717, 1.165) is 25.7 Å². The van der Waals surface area contributed by atoms with Crippen LogP contribution in [0.15, 0.2) is 0 Å². The Balaban J connectivity index is 2.01. The highest BCUT2D eigenvalue weighted by molar-refractivity contribution is 5.94. The van der Waals surface area contributed by atoms with Gasteiger partial charge in [-0.1, -0.05) is 6.92 Å². The molecule has 2 aliphatic rings. The van der Waals surface area contributed by atoms with Crippen molar-refractivity contribution in [3.63, 3.8) is 0 Å². The lowest BCUT2D eigenvalue weighted by Crippen LogP contribution is -2.68. The van der Waals surface area contributed by atoms with Gasteiger partial charge in [-0.05, 0) is 31.6 Å². The van der Waals surface area contributed by atoms with Crippen LogP contribution in [0.4, 0.5) is 0 Å². The van der Waals surface area contributed by atoms with Crippen molar-refractivity contribution in [3.05, 3.63) is 0 Å². The van der Waals surface area contributed by atoms with Gasteiger partial charge in [-0.25, -0.2) is 0 Å². The Hall–Kier alpha value is -1.10. The van der Waals surface area contributed by atoms with Crippen molar-refractivity contribution in [2.45, 2.75) is 38.6 Å². The van der Waals surface area contributed by atoms with Gasteiger partial charge < -0.3 is 15.7 Å². The molecule has 2 amide bonds. The van der Waals surface area contributed by atoms with Gasteiger partial charge in [0.15, 0.2) is 0 Å². The fourth-order valence-electron chi connectivity index (χ4n) is 2.96. The van der Waals surface area contributed by atoms with Gasteiger partial charge in [0.1, 0.15) is 6.04 Å². The molecule has 2 fully saturated rings. The van der Waals surface area contributed by atoms with Crippen LogP contribution in [0.1, 0.15) is 32.6 Å². The number of hydrogen-bond acceptors (Lipinski definition) is 3. The molecule has 1 heterocycles. The molecular formula is C12H20N2O3. The molecule has 17 heavy (non-hydrogen) atoms. The number of likely N-dealkylation sites (tertiary alicyclic amines) is 1. The van der Waals surface area contributed by atoms with Crippen LogP contribution in [0.25, 0.3) is 0 Å². The fraction of sp³-hybridized carbons (Fsp3) is 0.833. The number of carbonyl (C=O) groups excluding carboxylic acids is 2. The van der Waals surface area contributed by atoms with Crippen molar-refractivity contribution in [2.75, 3.05) is 13.2 Å². The molecule has 0 aromatic rings. The van der Waals surface area contributed by atoms with E-state index >= 15 is 0 Å². The van der Waals surface area contributed by atoms with Crippen molar-refractivity contribution < 1.29 is 14.7 Å². The van der Waals surface area contributed by atoms with Gasteiger partial charge in [-0.2, -0.15) is 0 Å². The van der Waals surface area contributed by atoms with E-state index in [4.69, 9.17) is 10.8 Å². The van der Waals surface area contributed by atoms with Gasteiger partial charge in [-0.15, -0.1) is 0 Å². The third-order valence-electron chi connectivity index (χ3n) is 4.30. The van der Waals surface area contributed by atoms with E-state index in [1.54, 1.807) is 0 Å². The minimum atomic E-state index is -0.840. The maximum atomic E-state index is 12.2. The van der Waals surface area contributed by atoms with Crippen LogP contribution in [0.5, 0.6) is 0 Å². The summed E-state index contributed by atoms with van der Waals surface area (Å²) < 4.78 is 0. The Bertz CT molecular complexity index is 335. The quantitative estimate of drug-likeness (QED) is 0.674. The van der Waals surface area contributed by atoms with E-state index in [2.05, 4.69) is 6.92 Å². The summed E-state index contributed by atoms with van der Waals surface area (Å²) >= 11 is 0. The summed E-state index contributed by atoms with van der Waals surface area (Å²) in [5.41, 5.74) is 4.91. The number of β-lactam (4-membered cyclic amide) rings is 1.